The second-order valence-corrected chi connectivity index (χ2v) is 7.96. The zero-order valence-corrected chi connectivity index (χ0v) is 17.5. The van der Waals surface area contributed by atoms with Gasteiger partial charge in [0.1, 0.15) is 11.8 Å². The Kier molecular flexibility index (Phi) is 5.45. The first-order chi connectivity index (χ1) is 13.9. The summed E-state index contributed by atoms with van der Waals surface area (Å²) in [6.45, 7) is 1.51. The van der Waals surface area contributed by atoms with Crippen molar-refractivity contribution < 1.29 is 14.3 Å². The Balaban J connectivity index is 1.65. The Morgan fingerprint density at radius 1 is 1.28 bits per heavy atom. The van der Waals surface area contributed by atoms with Crippen molar-refractivity contribution in [3.8, 4) is 17.0 Å². The molecule has 2 heterocycles. The summed E-state index contributed by atoms with van der Waals surface area (Å²) in [5.74, 6) is -0.175. The highest BCUT2D eigenvalue weighted by atomic mass is 35.5. The third-order valence-electron chi connectivity index (χ3n) is 4.52. The summed E-state index contributed by atoms with van der Waals surface area (Å²) in [4.78, 5) is 31.3. The minimum Gasteiger partial charge on any atom is -0.482 e. The summed E-state index contributed by atoms with van der Waals surface area (Å²) in [5.41, 5.74) is 4.26. The molecule has 1 aliphatic heterocycles. The molecule has 3 aromatic rings. The third kappa shape index (κ3) is 3.94. The molecule has 29 heavy (non-hydrogen) atoms. The van der Waals surface area contributed by atoms with Crippen LogP contribution in [0.25, 0.3) is 11.3 Å². The fourth-order valence-electron chi connectivity index (χ4n) is 3.06. The van der Waals surface area contributed by atoms with Crippen LogP contribution in [0, 0.1) is 0 Å². The first kappa shape index (κ1) is 19.7. The zero-order valence-electron chi connectivity index (χ0n) is 15.2. The standard InChI is InChI=1S/C20H15Cl2N3O3S/c1-11(20(27)24-15-7-13(21)3-4-14(15)22)25-17-6-12(16-9-29-10-23-16)2-5-18(17)28-8-19(25)26/h2-7,9-11H,8H2,1H3,(H,24,27). The van der Waals surface area contributed by atoms with E-state index in [0.29, 0.717) is 27.2 Å². The highest BCUT2D eigenvalue weighted by Crippen LogP contribution is 2.37. The third-order valence-corrected chi connectivity index (χ3v) is 5.67. The Hall–Kier alpha value is -2.61. The molecule has 4 rings (SSSR count). The van der Waals surface area contributed by atoms with Gasteiger partial charge in [-0.05, 0) is 43.3 Å². The summed E-state index contributed by atoms with van der Waals surface area (Å²) in [6, 6.07) is 9.44. The molecule has 1 unspecified atom stereocenters. The average Bonchev–Trinajstić information content (AvgIpc) is 3.24. The van der Waals surface area contributed by atoms with Crippen LogP contribution in [0.1, 0.15) is 6.92 Å². The van der Waals surface area contributed by atoms with Gasteiger partial charge in [-0.15, -0.1) is 11.3 Å². The molecule has 1 N–H and O–H groups in total. The number of benzene rings is 2. The van der Waals surface area contributed by atoms with Gasteiger partial charge in [-0.25, -0.2) is 4.98 Å². The highest BCUT2D eigenvalue weighted by molar-refractivity contribution is 7.07. The van der Waals surface area contributed by atoms with E-state index in [9.17, 15) is 9.59 Å². The quantitative estimate of drug-likeness (QED) is 0.618. The van der Waals surface area contributed by atoms with E-state index < -0.39 is 11.9 Å². The van der Waals surface area contributed by atoms with Gasteiger partial charge < -0.3 is 10.1 Å². The van der Waals surface area contributed by atoms with E-state index >= 15 is 0 Å². The molecule has 6 nitrogen and oxygen atoms in total. The molecular formula is C20H15Cl2N3O3S. The molecule has 0 spiro atoms. The maximum absolute atomic E-state index is 12.9. The number of fused-ring (bicyclic) bond motifs is 1. The van der Waals surface area contributed by atoms with Gasteiger partial charge in [0.25, 0.3) is 5.91 Å². The second kappa shape index (κ2) is 8.02. The van der Waals surface area contributed by atoms with Crippen LogP contribution in [0.4, 0.5) is 11.4 Å². The van der Waals surface area contributed by atoms with E-state index in [1.54, 1.807) is 42.8 Å². The van der Waals surface area contributed by atoms with E-state index in [1.807, 2.05) is 11.4 Å². The van der Waals surface area contributed by atoms with Gasteiger partial charge in [-0.1, -0.05) is 23.2 Å². The zero-order chi connectivity index (χ0) is 20.5. The Morgan fingerprint density at radius 3 is 2.86 bits per heavy atom. The van der Waals surface area contributed by atoms with Crippen molar-refractivity contribution in [1.29, 1.82) is 0 Å². The number of thiazole rings is 1. The van der Waals surface area contributed by atoms with Crippen LogP contribution in [-0.4, -0.2) is 29.4 Å². The summed E-state index contributed by atoms with van der Waals surface area (Å²) in [5, 5.41) is 5.45. The number of aromatic nitrogens is 1. The number of carbonyl (C=O) groups is 2. The molecule has 9 heteroatoms. The van der Waals surface area contributed by atoms with Crippen LogP contribution in [-0.2, 0) is 9.59 Å². The lowest BCUT2D eigenvalue weighted by molar-refractivity contribution is -0.125. The molecule has 1 atom stereocenters. The normalized spacial score (nSPS) is 14.2. The van der Waals surface area contributed by atoms with E-state index in [2.05, 4.69) is 10.3 Å². The van der Waals surface area contributed by atoms with Gasteiger partial charge in [-0.3, -0.25) is 14.5 Å². The molecule has 0 saturated carbocycles. The number of nitrogens with zero attached hydrogens (tertiary/aromatic N) is 2. The predicted molar refractivity (Wildman–Crippen MR) is 115 cm³/mol. The van der Waals surface area contributed by atoms with Crippen molar-refractivity contribution in [3.05, 3.63) is 57.3 Å². The number of hydrogen-bond acceptors (Lipinski definition) is 5. The maximum Gasteiger partial charge on any atom is 0.265 e. The Bertz CT molecular complexity index is 1090. The molecule has 2 amide bonds. The van der Waals surface area contributed by atoms with Crippen molar-refractivity contribution >= 4 is 57.7 Å². The van der Waals surface area contributed by atoms with Crippen LogP contribution in [0.2, 0.25) is 10.0 Å². The topological polar surface area (TPSA) is 71.5 Å². The number of ether oxygens (including phenoxy) is 1. The summed E-state index contributed by atoms with van der Waals surface area (Å²) < 4.78 is 5.54. The molecule has 1 aliphatic rings. The number of hydrogen-bond donors (Lipinski definition) is 1. The molecule has 0 saturated heterocycles. The molecule has 1 aromatic heterocycles. The van der Waals surface area contributed by atoms with E-state index in [0.717, 1.165) is 11.3 Å². The van der Waals surface area contributed by atoms with Crippen molar-refractivity contribution in [2.24, 2.45) is 0 Å². The van der Waals surface area contributed by atoms with Crippen molar-refractivity contribution in [2.75, 3.05) is 16.8 Å². The van der Waals surface area contributed by atoms with E-state index in [-0.39, 0.29) is 12.5 Å². The summed E-state index contributed by atoms with van der Waals surface area (Å²) in [6.07, 6.45) is 0. The van der Waals surface area contributed by atoms with E-state index in [1.165, 1.54) is 16.2 Å². The van der Waals surface area contributed by atoms with Crippen LogP contribution >= 0.6 is 34.5 Å². The molecule has 2 aromatic carbocycles. The fraction of sp³-hybridized carbons (Fsp3) is 0.150. The fourth-order valence-corrected chi connectivity index (χ4v) is 3.96. The maximum atomic E-state index is 12.9. The van der Waals surface area contributed by atoms with Crippen molar-refractivity contribution in [2.45, 2.75) is 13.0 Å². The lowest BCUT2D eigenvalue weighted by Crippen LogP contribution is -2.49. The monoisotopic (exact) mass is 447 g/mol. The number of rotatable bonds is 4. The number of carbonyl (C=O) groups excluding carboxylic acids is 2. The van der Waals surface area contributed by atoms with Crippen molar-refractivity contribution in [1.82, 2.24) is 4.98 Å². The smallest absolute Gasteiger partial charge is 0.265 e. The number of anilines is 2. The molecule has 0 bridgehead atoms. The molecule has 0 aliphatic carbocycles. The van der Waals surface area contributed by atoms with Crippen LogP contribution in [0.15, 0.2) is 47.3 Å². The van der Waals surface area contributed by atoms with E-state index in [4.69, 9.17) is 27.9 Å². The summed E-state index contributed by atoms with van der Waals surface area (Å²) in [7, 11) is 0. The van der Waals surface area contributed by atoms with Gasteiger partial charge >= 0.3 is 0 Å². The number of nitrogens with one attached hydrogen (secondary N) is 1. The number of halogens is 2. The average molecular weight is 448 g/mol. The first-order valence-electron chi connectivity index (χ1n) is 8.67. The second-order valence-electron chi connectivity index (χ2n) is 6.40. The molecule has 0 radical (unpaired) electrons. The lowest BCUT2D eigenvalue weighted by Gasteiger charge is -2.33. The Morgan fingerprint density at radius 2 is 2.10 bits per heavy atom. The van der Waals surface area contributed by atoms with Gasteiger partial charge in [0.05, 0.1) is 27.6 Å². The minimum atomic E-state index is -0.800. The minimum absolute atomic E-state index is 0.140. The predicted octanol–water partition coefficient (Wildman–Crippen LogP) is 4.87. The first-order valence-corrected chi connectivity index (χ1v) is 10.4. The molecule has 148 valence electrons. The number of amides is 2. The van der Waals surface area contributed by atoms with Gasteiger partial charge in [0.15, 0.2) is 6.61 Å². The Labute approximate surface area is 181 Å². The molecular weight excluding hydrogens is 433 g/mol. The van der Waals surface area contributed by atoms with Crippen molar-refractivity contribution in [3.63, 3.8) is 0 Å². The lowest BCUT2D eigenvalue weighted by atomic mass is 10.1. The van der Waals surface area contributed by atoms with Crippen LogP contribution < -0.4 is 15.0 Å². The highest BCUT2D eigenvalue weighted by Gasteiger charge is 2.33. The molecule has 0 fully saturated rings. The van der Waals surface area contributed by atoms with Gasteiger partial charge in [0.2, 0.25) is 5.91 Å². The summed E-state index contributed by atoms with van der Waals surface area (Å²) >= 11 is 13.6. The van der Waals surface area contributed by atoms with Crippen LogP contribution in [0.3, 0.4) is 0 Å². The SMILES string of the molecule is CC(C(=O)Nc1cc(Cl)ccc1Cl)N1C(=O)COc2ccc(-c3cscn3)cc21. The van der Waals surface area contributed by atoms with Crippen LogP contribution in [0.5, 0.6) is 5.75 Å². The van der Waals surface area contributed by atoms with Gasteiger partial charge in [0, 0.05) is 16.0 Å². The van der Waals surface area contributed by atoms with Gasteiger partial charge in [-0.2, -0.15) is 0 Å². The largest absolute Gasteiger partial charge is 0.482 e.